The maximum atomic E-state index is 12.7. The van der Waals surface area contributed by atoms with Crippen LogP contribution in [0.3, 0.4) is 0 Å². The summed E-state index contributed by atoms with van der Waals surface area (Å²) in [5.41, 5.74) is 0.852. The maximum absolute atomic E-state index is 12.7. The van der Waals surface area contributed by atoms with Gasteiger partial charge in [-0.3, -0.25) is 4.79 Å². The van der Waals surface area contributed by atoms with Crippen LogP contribution in [0.2, 0.25) is 5.02 Å². The van der Waals surface area contributed by atoms with Gasteiger partial charge in [0.2, 0.25) is 5.91 Å². The van der Waals surface area contributed by atoms with Crippen LogP contribution < -0.4 is 0 Å². The zero-order valence-electron chi connectivity index (χ0n) is 13.0. The van der Waals surface area contributed by atoms with Crippen LogP contribution in [0.15, 0.2) is 24.3 Å². The minimum atomic E-state index is -3.40. The number of hydrogen-bond donors (Lipinski definition) is 0. The molecule has 1 aliphatic carbocycles. The van der Waals surface area contributed by atoms with Crippen molar-refractivity contribution in [2.45, 2.75) is 50.4 Å². The lowest BCUT2D eigenvalue weighted by Gasteiger charge is -2.31. The molecule has 1 aromatic carbocycles. The molecule has 4 nitrogen and oxygen atoms in total. The quantitative estimate of drug-likeness (QED) is 0.825. The van der Waals surface area contributed by atoms with Crippen LogP contribution in [0.5, 0.6) is 0 Å². The van der Waals surface area contributed by atoms with Crippen LogP contribution in [0.4, 0.5) is 0 Å². The summed E-state index contributed by atoms with van der Waals surface area (Å²) in [4.78, 5) is 14.4. The van der Waals surface area contributed by atoms with E-state index in [4.69, 9.17) is 11.6 Å². The van der Waals surface area contributed by atoms with Gasteiger partial charge in [0.05, 0.1) is 0 Å². The minimum absolute atomic E-state index is 0.105. The van der Waals surface area contributed by atoms with Crippen molar-refractivity contribution in [3.8, 4) is 0 Å². The highest BCUT2D eigenvalue weighted by molar-refractivity contribution is 7.92. The van der Waals surface area contributed by atoms with Crippen molar-refractivity contribution in [3.05, 3.63) is 34.9 Å². The van der Waals surface area contributed by atoms with Gasteiger partial charge in [-0.15, -0.1) is 0 Å². The van der Waals surface area contributed by atoms with E-state index in [-0.39, 0.29) is 11.9 Å². The molecule has 0 aliphatic heterocycles. The normalized spacial score (nSPS) is 17.4. The lowest BCUT2D eigenvalue weighted by Crippen LogP contribution is -2.45. The first-order chi connectivity index (χ1) is 10.3. The number of carbonyl (C=O) groups excluding carboxylic acids is 1. The van der Waals surface area contributed by atoms with Crippen molar-refractivity contribution in [1.29, 1.82) is 0 Å². The molecule has 0 radical (unpaired) electrons. The Morgan fingerprint density at radius 1 is 1.32 bits per heavy atom. The molecular weight excluding hydrogens is 322 g/mol. The summed E-state index contributed by atoms with van der Waals surface area (Å²) in [7, 11) is -3.40. The number of rotatable bonds is 5. The average molecular weight is 344 g/mol. The van der Waals surface area contributed by atoms with Crippen LogP contribution in [-0.4, -0.2) is 36.8 Å². The Morgan fingerprint density at radius 3 is 2.45 bits per heavy atom. The molecule has 0 unspecified atom stereocenters. The van der Waals surface area contributed by atoms with Gasteiger partial charge < -0.3 is 4.90 Å². The first-order valence-corrected chi connectivity index (χ1v) is 9.86. The summed E-state index contributed by atoms with van der Waals surface area (Å²) in [5, 5.41) is -0.416. The highest BCUT2D eigenvalue weighted by Crippen LogP contribution is 2.28. The predicted molar refractivity (Wildman–Crippen MR) is 88.6 cm³/mol. The van der Waals surface area contributed by atoms with Crippen molar-refractivity contribution in [2.24, 2.45) is 0 Å². The SMILES string of the molecule is C[C@@H](C(=O)N(Cc1ccccc1Cl)C1CCCC1)S(C)(=O)=O. The largest absolute Gasteiger partial charge is 0.334 e. The summed E-state index contributed by atoms with van der Waals surface area (Å²) in [6.07, 6.45) is 5.10. The number of carbonyl (C=O) groups is 1. The van der Waals surface area contributed by atoms with Crippen LogP contribution in [0.25, 0.3) is 0 Å². The summed E-state index contributed by atoms with van der Waals surface area (Å²) >= 11 is 6.19. The van der Waals surface area contributed by atoms with Crippen molar-refractivity contribution in [3.63, 3.8) is 0 Å². The number of nitrogens with zero attached hydrogens (tertiary/aromatic N) is 1. The molecule has 0 spiro atoms. The second-order valence-corrected chi connectivity index (χ2v) is 8.74. The van der Waals surface area contributed by atoms with Crippen LogP contribution in [-0.2, 0) is 21.2 Å². The molecule has 0 N–H and O–H groups in total. The number of amides is 1. The van der Waals surface area contributed by atoms with E-state index in [2.05, 4.69) is 0 Å². The van der Waals surface area contributed by atoms with Gasteiger partial charge in [0.15, 0.2) is 9.84 Å². The first-order valence-electron chi connectivity index (χ1n) is 7.53. The van der Waals surface area contributed by atoms with Gasteiger partial charge in [-0.25, -0.2) is 8.42 Å². The topological polar surface area (TPSA) is 54.5 Å². The number of hydrogen-bond acceptors (Lipinski definition) is 3. The van der Waals surface area contributed by atoms with Crippen LogP contribution in [0, 0.1) is 0 Å². The average Bonchev–Trinajstić information content (AvgIpc) is 2.98. The van der Waals surface area contributed by atoms with Crippen molar-refractivity contribution >= 4 is 27.3 Å². The third kappa shape index (κ3) is 4.02. The van der Waals surface area contributed by atoms with E-state index in [1.165, 1.54) is 6.92 Å². The van der Waals surface area contributed by atoms with Gasteiger partial charge in [-0.05, 0) is 31.4 Å². The monoisotopic (exact) mass is 343 g/mol. The molecule has 0 aromatic heterocycles. The van der Waals surface area contributed by atoms with E-state index >= 15 is 0 Å². The van der Waals surface area contributed by atoms with Crippen molar-refractivity contribution in [1.82, 2.24) is 4.90 Å². The Labute approximate surface area is 137 Å². The summed E-state index contributed by atoms with van der Waals surface area (Å²) in [6.45, 7) is 1.83. The highest BCUT2D eigenvalue weighted by atomic mass is 35.5. The number of benzene rings is 1. The van der Waals surface area contributed by atoms with E-state index in [0.717, 1.165) is 37.5 Å². The fourth-order valence-electron chi connectivity index (χ4n) is 2.83. The Balaban J connectivity index is 2.27. The van der Waals surface area contributed by atoms with E-state index in [1.807, 2.05) is 18.2 Å². The molecule has 0 bridgehead atoms. The van der Waals surface area contributed by atoms with E-state index in [0.29, 0.717) is 11.6 Å². The van der Waals surface area contributed by atoms with Gasteiger partial charge in [0.1, 0.15) is 5.25 Å². The van der Waals surface area contributed by atoms with Crippen LogP contribution >= 0.6 is 11.6 Å². The maximum Gasteiger partial charge on any atom is 0.241 e. The standard InChI is InChI=1S/C16H22ClNO3S/c1-12(22(2,20)21)16(19)18(14-8-4-5-9-14)11-13-7-3-6-10-15(13)17/h3,6-7,10,12,14H,4-5,8-9,11H2,1-2H3/t12-/m0/s1. The van der Waals surface area contributed by atoms with E-state index in [9.17, 15) is 13.2 Å². The molecule has 6 heteroatoms. The van der Waals surface area contributed by atoms with Gasteiger partial charge in [-0.1, -0.05) is 42.6 Å². The number of sulfone groups is 1. The highest BCUT2D eigenvalue weighted by Gasteiger charge is 2.33. The lowest BCUT2D eigenvalue weighted by atomic mass is 10.1. The fraction of sp³-hybridized carbons (Fsp3) is 0.562. The Morgan fingerprint density at radius 2 is 1.91 bits per heavy atom. The predicted octanol–water partition coefficient (Wildman–Crippen LogP) is 3.04. The summed E-state index contributed by atoms with van der Waals surface area (Å²) in [6, 6.07) is 7.48. The smallest absolute Gasteiger partial charge is 0.241 e. The molecular formula is C16H22ClNO3S. The Kier molecular flexibility index (Phi) is 5.50. The van der Waals surface area contributed by atoms with Gasteiger partial charge in [0, 0.05) is 23.9 Å². The summed E-state index contributed by atoms with van der Waals surface area (Å²) in [5.74, 6) is -0.325. The zero-order valence-corrected chi connectivity index (χ0v) is 14.5. The van der Waals surface area contributed by atoms with Crippen LogP contribution in [0.1, 0.15) is 38.2 Å². The number of halogens is 1. The molecule has 1 aromatic rings. The second-order valence-electron chi connectivity index (χ2n) is 5.97. The molecule has 122 valence electrons. The molecule has 2 rings (SSSR count). The molecule has 1 fully saturated rings. The third-order valence-corrected chi connectivity index (χ3v) is 6.19. The van der Waals surface area contributed by atoms with E-state index in [1.54, 1.807) is 11.0 Å². The minimum Gasteiger partial charge on any atom is -0.334 e. The van der Waals surface area contributed by atoms with Gasteiger partial charge >= 0.3 is 0 Å². The van der Waals surface area contributed by atoms with E-state index < -0.39 is 15.1 Å². The molecule has 22 heavy (non-hydrogen) atoms. The second kappa shape index (κ2) is 7.01. The lowest BCUT2D eigenvalue weighted by molar-refractivity contribution is -0.133. The molecule has 0 heterocycles. The first kappa shape index (κ1) is 17.3. The Hall–Kier alpha value is -1.07. The van der Waals surface area contributed by atoms with Crippen molar-refractivity contribution in [2.75, 3.05) is 6.26 Å². The molecule has 1 saturated carbocycles. The van der Waals surface area contributed by atoms with Gasteiger partial charge in [-0.2, -0.15) is 0 Å². The zero-order chi connectivity index (χ0) is 16.3. The summed E-state index contributed by atoms with van der Waals surface area (Å²) < 4.78 is 23.5. The molecule has 1 atom stereocenters. The molecule has 1 aliphatic rings. The van der Waals surface area contributed by atoms with Crippen molar-refractivity contribution < 1.29 is 13.2 Å². The third-order valence-electron chi connectivity index (χ3n) is 4.34. The Bertz CT molecular complexity index is 639. The molecule has 0 saturated heterocycles. The fourth-order valence-corrected chi connectivity index (χ4v) is 3.53. The van der Waals surface area contributed by atoms with Gasteiger partial charge in [0.25, 0.3) is 0 Å². The molecule has 1 amide bonds.